The summed E-state index contributed by atoms with van der Waals surface area (Å²) in [6.07, 6.45) is 0. The summed E-state index contributed by atoms with van der Waals surface area (Å²) in [7, 11) is 0. The van der Waals surface area contributed by atoms with E-state index < -0.39 is 16.8 Å². The van der Waals surface area contributed by atoms with Gasteiger partial charge in [-0.3, -0.25) is 14.9 Å². The number of nitro benzene ring substituents is 1. The number of benzene rings is 2. The second kappa shape index (κ2) is 10.5. The monoisotopic (exact) mass is 477 g/mol. The third kappa shape index (κ3) is 5.21. The third-order valence-electron chi connectivity index (χ3n) is 4.44. The lowest BCUT2D eigenvalue weighted by atomic mass is 10.2. The van der Waals surface area contributed by atoms with E-state index in [9.17, 15) is 19.7 Å². The number of nitrogens with zero attached hydrogens (tertiary/aromatic N) is 3. The van der Waals surface area contributed by atoms with Gasteiger partial charge in [-0.15, -0.1) is 0 Å². The fourth-order valence-electron chi connectivity index (χ4n) is 3.00. The van der Waals surface area contributed by atoms with Crippen molar-refractivity contribution in [2.45, 2.75) is 20.4 Å². The molecule has 3 rings (SSSR count). The Labute approximate surface area is 192 Å². The average Bonchev–Trinajstić information content (AvgIpc) is 3.10. The molecule has 3 aromatic rings. The van der Waals surface area contributed by atoms with E-state index in [0.717, 1.165) is 5.52 Å². The summed E-state index contributed by atoms with van der Waals surface area (Å²) in [4.78, 5) is 40.1. The van der Waals surface area contributed by atoms with Crippen molar-refractivity contribution in [1.82, 2.24) is 4.57 Å². The highest BCUT2D eigenvalue weighted by Gasteiger charge is 2.21. The molecule has 0 bridgehead atoms. The van der Waals surface area contributed by atoms with E-state index in [1.807, 2.05) is 6.92 Å². The van der Waals surface area contributed by atoms with E-state index in [4.69, 9.17) is 21.1 Å². The zero-order chi connectivity index (χ0) is 23.3. The quantitative estimate of drug-likeness (QED) is 0.208. The second-order valence-corrected chi connectivity index (χ2v) is 7.92. The smallest absolute Gasteiger partial charge is 0.338 e. The molecule has 9 nitrogen and oxygen atoms in total. The molecule has 0 aliphatic carbocycles. The van der Waals surface area contributed by atoms with Crippen LogP contribution in [0.2, 0.25) is 5.02 Å². The lowest BCUT2D eigenvalue weighted by Gasteiger charge is -2.06. The summed E-state index contributed by atoms with van der Waals surface area (Å²) in [5, 5.41) is 11.5. The summed E-state index contributed by atoms with van der Waals surface area (Å²) in [5.74, 6) is -1.24. The van der Waals surface area contributed by atoms with Crippen molar-refractivity contribution in [2.24, 2.45) is 4.99 Å². The number of esters is 1. The standard InChI is InChI=1S/C21H20ClN3O6S/c1-3-30-10-9-24-17-7-5-13(20(27)31-4-2)11-18(17)32-21(24)23-19(26)15-12-14(22)6-8-16(15)25(28)29/h5-8,11-12H,3-4,9-10H2,1-2H3. The van der Waals surface area contributed by atoms with Crippen LogP contribution in [0.25, 0.3) is 10.2 Å². The maximum atomic E-state index is 12.9. The van der Waals surface area contributed by atoms with Crippen LogP contribution >= 0.6 is 22.9 Å². The van der Waals surface area contributed by atoms with Crippen molar-refractivity contribution in [3.63, 3.8) is 0 Å². The Balaban J connectivity index is 2.13. The number of carbonyl (C=O) groups excluding carboxylic acids is 2. The average molecular weight is 478 g/mol. The number of fused-ring (bicyclic) bond motifs is 1. The van der Waals surface area contributed by atoms with Gasteiger partial charge >= 0.3 is 5.97 Å². The number of rotatable bonds is 8. The van der Waals surface area contributed by atoms with Crippen molar-refractivity contribution in [3.8, 4) is 0 Å². The molecule has 168 valence electrons. The maximum Gasteiger partial charge on any atom is 0.338 e. The highest BCUT2D eigenvalue weighted by atomic mass is 35.5. The molecule has 0 aliphatic rings. The van der Waals surface area contributed by atoms with Crippen molar-refractivity contribution in [2.75, 3.05) is 19.8 Å². The van der Waals surface area contributed by atoms with Gasteiger partial charge in [0.15, 0.2) is 4.80 Å². The Morgan fingerprint density at radius 2 is 1.97 bits per heavy atom. The second-order valence-electron chi connectivity index (χ2n) is 6.47. The Kier molecular flexibility index (Phi) is 7.73. The van der Waals surface area contributed by atoms with Crippen molar-refractivity contribution in [3.05, 3.63) is 67.5 Å². The number of carbonyl (C=O) groups is 2. The van der Waals surface area contributed by atoms with Gasteiger partial charge in [0.2, 0.25) is 0 Å². The molecule has 11 heteroatoms. The fraction of sp³-hybridized carbons (Fsp3) is 0.286. The molecule has 1 amide bonds. The van der Waals surface area contributed by atoms with Crippen LogP contribution in [-0.4, -0.2) is 41.2 Å². The van der Waals surface area contributed by atoms with Gasteiger partial charge in [-0.2, -0.15) is 4.99 Å². The van der Waals surface area contributed by atoms with E-state index in [2.05, 4.69) is 4.99 Å². The first-order valence-corrected chi connectivity index (χ1v) is 11.0. The van der Waals surface area contributed by atoms with Crippen LogP contribution in [0.1, 0.15) is 34.6 Å². The van der Waals surface area contributed by atoms with Crippen molar-refractivity contribution < 1.29 is 24.0 Å². The Morgan fingerprint density at radius 1 is 1.19 bits per heavy atom. The first-order valence-electron chi connectivity index (χ1n) is 9.77. The van der Waals surface area contributed by atoms with E-state index >= 15 is 0 Å². The van der Waals surface area contributed by atoms with Gasteiger partial charge in [-0.25, -0.2) is 4.79 Å². The molecule has 0 saturated carbocycles. The van der Waals surface area contributed by atoms with Crippen LogP contribution in [0.5, 0.6) is 0 Å². The minimum atomic E-state index is -0.790. The minimum Gasteiger partial charge on any atom is -0.462 e. The molecule has 0 N–H and O–H groups in total. The number of hydrogen-bond donors (Lipinski definition) is 0. The van der Waals surface area contributed by atoms with Gasteiger partial charge < -0.3 is 14.0 Å². The maximum absolute atomic E-state index is 12.9. The molecule has 1 heterocycles. The van der Waals surface area contributed by atoms with Crippen LogP contribution in [0.15, 0.2) is 41.4 Å². The molecular weight excluding hydrogens is 458 g/mol. The zero-order valence-electron chi connectivity index (χ0n) is 17.4. The predicted molar refractivity (Wildman–Crippen MR) is 120 cm³/mol. The summed E-state index contributed by atoms with van der Waals surface area (Å²) >= 11 is 7.12. The van der Waals surface area contributed by atoms with Crippen LogP contribution in [0.4, 0.5) is 5.69 Å². The lowest BCUT2D eigenvalue weighted by Crippen LogP contribution is -2.20. The predicted octanol–water partition coefficient (Wildman–Crippen LogP) is 4.22. The number of aromatic nitrogens is 1. The number of thiazole rings is 1. The van der Waals surface area contributed by atoms with E-state index in [1.165, 1.54) is 29.5 Å². The van der Waals surface area contributed by atoms with Crippen LogP contribution < -0.4 is 4.80 Å². The largest absolute Gasteiger partial charge is 0.462 e. The van der Waals surface area contributed by atoms with E-state index in [-0.39, 0.29) is 22.9 Å². The van der Waals surface area contributed by atoms with Crippen LogP contribution in [0, 0.1) is 10.1 Å². The topological polar surface area (TPSA) is 113 Å². The normalized spacial score (nSPS) is 11.7. The highest BCUT2D eigenvalue weighted by molar-refractivity contribution is 7.16. The lowest BCUT2D eigenvalue weighted by molar-refractivity contribution is -0.385. The molecule has 32 heavy (non-hydrogen) atoms. The number of hydrogen-bond acceptors (Lipinski definition) is 7. The van der Waals surface area contributed by atoms with E-state index in [0.29, 0.717) is 34.8 Å². The minimum absolute atomic E-state index is 0.189. The van der Waals surface area contributed by atoms with Crippen LogP contribution in [-0.2, 0) is 16.0 Å². The Morgan fingerprint density at radius 3 is 2.66 bits per heavy atom. The molecule has 0 saturated heterocycles. The number of nitro groups is 1. The Bertz CT molecular complexity index is 1250. The van der Waals surface area contributed by atoms with Gasteiger partial charge in [-0.05, 0) is 44.2 Å². The molecule has 0 unspecified atom stereocenters. The summed E-state index contributed by atoms with van der Waals surface area (Å²) in [5.41, 5.74) is 0.536. The first-order chi connectivity index (χ1) is 15.3. The van der Waals surface area contributed by atoms with Gasteiger partial charge in [0.05, 0.1) is 33.9 Å². The molecule has 0 atom stereocenters. The SMILES string of the molecule is CCOCCn1c(=NC(=O)c2cc(Cl)ccc2[N+](=O)[O-])sc2cc(C(=O)OCC)ccc21. The van der Waals surface area contributed by atoms with Gasteiger partial charge in [0, 0.05) is 24.2 Å². The fourth-order valence-corrected chi connectivity index (χ4v) is 4.27. The number of ether oxygens (including phenoxy) is 2. The third-order valence-corrected chi connectivity index (χ3v) is 5.72. The number of halogens is 1. The van der Waals surface area contributed by atoms with Crippen molar-refractivity contribution >= 4 is 50.7 Å². The van der Waals surface area contributed by atoms with Gasteiger partial charge in [0.25, 0.3) is 11.6 Å². The molecular formula is C21H20ClN3O6S. The zero-order valence-corrected chi connectivity index (χ0v) is 18.9. The molecule has 0 spiro atoms. The number of amides is 1. The highest BCUT2D eigenvalue weighted by Crippen LogP contribution is 2.24. The molecule has 0 radical (unpaired) electrons. The van der Waals surface area contributed by atoms with Gasteiger partial charge in [-0.1, -0.05) is 22.9 Å². The van der Waals surface area contributed by atoms with E-state index in [1.54, 1.807) is 29.7 Å². The first kappa shape index (κ1) is 23.6. The van der Waals surface area contributed by atoms with Crippen molar-refractivity contribution in [1.29, 1.82) is 0 Å². The summed E-state index contributed by atoms with van der Waals surface area (Å²) in [6.45, 7) is 5.14. The van der Waals surface area contributed by atoms with Crippen LogP contribution in [0.3, 0.4) is 0 Å². The Hall–Kier alpha value is -3.08. The molecule has 1 aromatic heterocycles. The molecule has 2 aromatic carbocycles. The van der Waals surface area contributed by atoms with Gasteiger partial charge in [0.1, 0.15) is 5.56 Å². The summed E-state index contributed by atoms with van der Waals surface area (Å²) < 4.78 is 13.0. The summed E-state index contributed by atoms with van der Waals surface area (Å²) in [6, 6.07) is 8.79. The molecule has 0 aliphatic heterocycles. The molecule has 0 fully saturated rings.